The van der Waals surface area contributed by atoms with E-state index in [1.807, 2.05) is 12.1 Å². The van der Waals surface area contributed by atoms with E-state index in [9.17, 15) is 9.59 Å². The highest BCUT2D eigenvalue weighted by Gasteiger charge is 2.10. The van der Waals surface area contributed by atoms with Gasteiger partial charge in [-0.15, -0.1) is 11.3 Å². The lowest BCUT2D eigenvalue weighted by Crippen LogP contribution is -2.15. The summed E-state index contributed by atoms with van der Waals surface area (Å²) in [7, 11) is 0. The Bertz CT molecular complexity index is 921. The molecule has 3 rings (SSSR count). The normalized spacial score (nSPS) is 10.6. The van der Waals surface area contributed by atoms with E-state index in [1.54, 1.807) is 42.7 Å². The molecule has 0 atom stereocenters. The second-order valence-electron chi connectivity index (χ2n) is 6.31. The van der Waals surface area contributed by atoms with Gasteiger partial charge in [0.15, 0.2) is 5.13 Å². The third kappa shape index (κ3) is 5.21. The van der Waals surface area contributed by atoms with Crippen LogP contribution >= 0.6 is 11.3 Å². The van der Waals surface area contributed by atoms with Crippen molar-refractivity contribution in [1.29, 1.82) is 0 Å². The Morgan fingerprint density at radius 2 is 1.81 bits per heavy atom. The summed E-state index contributed by atoms with van der Waals surface area (Å²) in [5.74, 6) is -0.00209. The van der Waals surface area contributed by atoms with E-state index in [4.69, 9.17) is 0 Å². The van der Waals surface area contributed by atoms with Gasteiger partial charge in [0.25, 0.3) is 5.91 Å². The van der Waals surface area contributed by atoms with Crippen molar-refractivity contribution in [2.75, 3.05) is 10.6 Å². The molecule has 138 valence electrons. The van der Waals surface area contributed by atoms with Gasteiger partial charge in [0.1, 0.15) is 5.69 Å². The number of carbonyl (C=O) groups is 2. The van der Waals surface area contributed by atoms with Gasteiger partial charge in [-0.05, 0) is 35.7 Å². The summed E-state index contributed by atoms with van der Waals surface area (Å²) in [5.41, 5.74) is 1.85. The molecule has 1 aromatic carbocycles. The van der Waals surface area contributed by atoms with Gasteiger partial charge in [-0.3, -0.25) is 14.6 Å². The van der Waals surface area contributed by atoms with E-state index in [2.05, 4.69) is 34.4 Å². The molecular weight excluding hydrogens is 360 g/mol. The second kappa shape index (κ2) is 8.55. The molecule has 0 aliphatic rings. The number of pyridine rings is 1. The van der Waals surface area contributed by atoms with Crippen molar-refractivity contribution in [2.24, 2.45) is 0 Å². The van der Waals surface area contributed by atoms with Crippen molar-refractivity contribution in [3.8, 4) is 0 Å². The Morgan fingerprint density at radius 1 is 1.04 bits per heavy atom. The maximum atomic E-state index is 12.2. The number of anilines is 2. The number of thiazole rings is 1. The zero-order valence-corrected chi connectivity index (χ0v) is 15.9. The van der Waals surface area contributed by atoms with Crippen LogP contribution in [-0.2, 0) is 11.2 Å². The maximum absolute atomic E-state index is 12.2. The fraction of sp³-hybridized carbons (Fsp3) is 0.200. The predicted octanol–water partition coefficient (Wildman–Crippen LogP) is 4.10. The molecule has 27 heavy (non-hydrogen) atoms. The molecule has 2 heterocycles. The summed E-state index contributed by atoms with van der Waals surface area (Å²) >= 11 is 1.49. The van der Waals surface area contributed by atoms with Crippen LogP contribution in [0.3, 0.4) is 0 Å². The summed E-state index contributed by atoms with van der Waals surface area (Å²) < 4.78 is 0. The zero-order valence-electron chi connectivity index (χ0n) is 15.1. The van der Waals surface area contributed by atoms with Gasteiger partial charge in [-0.25, -0.2) is 4.98 Å². The molecule has 7 heteroatoms. The number of amides is 2. The molecule has 3 aromatic rings. The molecule has 0 spiro atoms. The number of hydrogen-bond acceptors (Lipinski definition) is 5. The molecule has 0 aliphatic heterocycles. The molecule has 0 aliphatic carbocycles. The van der Waals surface area contributed by atoms with Gasteiger partial charge in [-0.2, -0.15) is 0 Å². The molecule has 2 aromatic heterocycles. The number of hydrogen-bond donors (Lipinski definition) is 2. The van der Waals surface area contributed by atoms with E-state index >= 15 is 0 Å². The molecule has 2 N–H and O–H groups in total. The Hall–Kier alpha value is -3.06. The van der Waals surface area contributed by atoms with Crippen LogP contribution in [0.5, 0.6) is 0 Å². The van der Waals surface area contributed by atoms with Gasteiger partial charge in [0, 0.05) is 23.0 Å². The quantitative estimate of drug-likeness (QED) is 0.674. The minimum absolute atomic E-state index is 0.120. The molecule has 0 saturated heterocycles. The first-order chi connectivity index (χ1) is 13.0. The van der Waals surface area contributed by atoms with Gasteiger partial charge >= 0.3 is 0 Å². The number of rotatable bonds is 6. The zero-order chi connectivity index (χ0) is 19.2. The largest absolute Gasteiger partial charge is 0.321 e. The van der Waals surface area contributed by atoms with Crippen LogP contribution in [0, 0.1) is 0 Å². The standard InChI is InChI=1S/C20H20N4O2S/c1-13(2)17-12-22-20(27-17)24-18(25)11-14-6-8-15(9-7-14)23-19(26)16-5-3-4-10-21-16/h3-10,12-13H,11H2,1-2H3,(H,23,26)(H,22,24,25). The molecule has 0 unspecified atom stereocenters. The van der Waals surface area contributed by atoms with Gasteiger partial charge < -0.3 is 10.6 Å². The van der Waals surface area contributed by atoms with Crippen LogP contribution in [0.25, 0.3) is 0 Å². The third-order valence-corrected chi connectivity index (χ3v) is 5.03. The SMILES string of the molecule is CC(C)c1cnc(NC(=O)Cc2ccc(NC(=O)c3ccccn3)cc2)s1. The topological polar surface area (TPSA) is 84.0 Å². The summed E-state index contributed by atoms with van der Waals surface area (Å²) in [6, 6.07) is 12.3. The van der Waals surface area contributed by atoms with Crippen LogP contribution in [-0.4, -0.2) is 21.8 Å². The van der Waals surface area contributed by atoms with Gasteiger partial charge in [0.05, 0.1) is 6.42 Å². The molecule has 0 bridgehead atoms. The number of benzene rings is 1. The molecule has 0 fully saturated rings. The van der Waals surface area contributed by atoms with E-state index in [-0.39, 0.29) is 18.2 Å². The van der Waals surface area contributed by atoms with Crippen molar-refractivity contribution in [3.63, 3.8) is 0 Å². The average Bonchev–Trinajstić information content (AvgIpc) is 3.12. The van der Waals surface area contributed by atoms with Crippen molar-refractivity contribution in [3.05, 3.63) is 71.0 Å². The lowest BCUT2D eigenvalue weighted by Gasteiger charge is -2.06. The highest BCUT2D eigenvalue weighted by Crippen LogP contribution is 2.25. The second-order valence-corrected chi connectivity index (χ2v) is 7.38. The Kier molecular flexibility index (Phi) is 5.93. The van der Waals surface area contributed by atoms with Gasteiger partial charge in [0.2, 0.25) is 5.91 Å². The summed E-state index contributed by atoms with van der Waals surface area (Å²) in [6.07, 6.45) is 3.61. The molecule has 6 nitrogen and oxygen atoms in total. The summed E-state index contributed by atoms with van der Waals surface area (Å²) in [6.45, 7) is 4.18. The Balaban J connectivity index is 1.55. The van der Waals surface area contributed by atoms with Crippen LogP contribution in [0.4, 0.5) is 10.8 Å². The number of nitrogens with one attached hydrogen (secondary N) is 2. The van der Waals surface area contributed by atoms with E-state index < -0.39 is 0 Å². The fourth-order valence-electron chi connectivity index (χ4n) is 2.36. The molecule has 0 radical (unpaired) electrons. The highest BCUT2D eigenvalue weighted by molar-refractivity contribution is 7.15. The van der Waals surface area contributed by atoms with Gasteiger partial charge in [-0.1, -0.05) is 32.0 Å². The lowest BCUT2D eigenvalue weighted by molar-refractivity contribution is -0.115. The number of carbonyl (C=O) groups excluding carboxylic acids is 2. The molecule has 2 amide bonds. The first-order valence-electron chi connectivity index (χ1n) is 8.58. The van der Waals surface area contributed by atoms with Crippen molar-refractivity contribution >= 4 is 34.0 Å². The smallest absolute Gasteiger partial charge is 0.274 e. The summed E-state index contributed by atoms with van der Waals surface area (Å²) in [5, 5.41) is 6.22. The van der Waals surface area contributed by atoms with E-state index in [0.29, 0.717) is 22.4 Å². The lowest BCUT2D eigenvalue weighted by atomic mass is 10.1. The van der Waals surface area contributed by atoms with Crippen molar-refractivity contribution < 1.29 is 9.59 Å². The highest BCUT2D eigenvalue weighted by atomic mass is 32.1. The van der Waals surface area contributed by atoms with E-state index in [1.165, 1.54) is 11.3 Å². The van der Waals surface area contributed by atoms with E-state index in [0.717, 1.165) is 10.4 Å². The van der Waals surface area contributed by atoms with Crippen LogP contribution in [0.2, 0.25) is 0 Å². The molecular formula is C20H20N4O2S. The summed E-state index contributed by atoms with van der Waals surface area (Å²) in [4.78, 5) is 33.7. The first-order valence-corrected chi connectivity index (χ1v) is 9.40. The molecule has 0 saturated carbocycles. The number of nitrogens with zero attached hydrogens (tertiary/aromatic N) is 2. The average molecular weight is 380 g/mol. The minimum Gasteiger partial charge on any atom is -0.321 e. The number of aromatic nitrogens is 2. The third-order valence-electron chi connectivity index (χ3n) is 3.81. The minimum atomic E-state index is -0.272. The first kappa shape index (κ1) is 18.7. The van der Waals surface area contributed by atoms with Crippen LogP contribution in [0.15, 0.2) is 54.9 Å². The maximum Gasteiger partial charge on any atom is 0.274 e. The van der Waals surface area contributed by atoms with Crippen molar-refractivity contribution in [2.45, 2.75) is 26.2 Å². The van der Waals surface area contributed by atoms with Crippen LogP contribution < -0.4 is 10.6 Å². The van der Waals surface area contributed by atoms with Crippen molar-refractivity contribution in [1.82, 2.24) is 9.97 Å². The monoisotopic (exact) mass is 380 g/mol. The Labute approximate surface area is 161 Å². The predicted molar refractivity (Wildman–Crippen MR) is 107 cm³/mol. The Morgan fingerprint density at radius 3 is 2.44 bits per heavy atom. The fourth-order valence-corrected chi connectivity index (χ4v) is 3.19. The van der Waals surface area contributed by atoms with Crippen LogP contribution in [0.1, 0.15) is 40.7 Å².